The standard InChI is InChI=1S/C19H18N2S/c1-13-3-7-15(8-4-13)17-18(16-9-5-14(2)6-10-16)21-11-12-22-19(21)20-17/h3-10H,11-12H2,1-2H3. The van der Waals surface area contributed by atoms with Crippen LogP contribution in [-0.4, -0.2) is 15.3 Å². The van der Waals surface area contributed by atoms with Crippen LogP contribution in [0.2, 0.25) is 0 Å². The summed E-state index contributed by atoms with van der Waals surface area (Å²) in [6, 6.07) is 17.4. The molecule has 0 fully saturated rings. The third kappa shape index (κ3) is 2.26. The summed E-state index contributed by atoms with van der Waals surface area (Å²) < 4.78 is 2.37. The Bertz CT molecular complexity index is 814. The number of hydrogen-bond acceptors (Lipinski definition) is 2. The maximum atomic E-state index is 4.92. The highest BCUT2D eigenvalue weighted by Gasteiger charge is 2.23. The van der Waals surface area contributed by atoms with Gasteiger partial charge in [-0.3, -0.25) is 0 Å². The van der Waals surface area contributed by atoms with Gasteiger partial charge in [-0.1, -0.05) is 71.4 Å². The number of aryl methyl sites for hydroxylation is 2. The lowest BCUT2D eigenvalue weighted by Gasteiger charge is -2.09. The number of hydrogen-bond donors (Lipinski definition) is 0. The number of benzene rings is 2. The van der Waals surface area contributed by atoms with Gasteiger partial charge in [0, 0.05) is 23.4 Å². The zero-order valence-corrected chi connectivity index (χ0v) is 13.7. The summed E-state index contributed by atoms with van der Waals surface area (Å²) in [6.45, 7) is 5.29. The van der Waals surface area contributed by atoms with Crippen molar-refractivity contribution in [2.75, 3.05) is 5.75 Å². The van der Waals surface area contributed by atoms with Crippen LogP contribution in [0.4, 0.5) is 0 Å². The molecule has 0 amide bonds. The van der Waals surface area contributed by atoms with Crippen molar-refractivity contribution in [3.8, 4) is 22.5 Å². The molecule has 0 N–H and O–H groups in total. The number of thioether (sulfide) groups is 1. The van der Waals surface area contributed by atoms with E-state index in [1.54, 1.807) is 0 Å². The molecule has 1 aromatic heterocycles. The first-order valence-electron chi connectivity index (χ1n) is 7.60. The van der Waals surface area contributed by atoms with Crippen LogP contribution >= 0.6 is 11.8 Å². The molecule has 22 heavy (non-hydrogen) atoms. The van der Waals surface area contributed by atoms with E-state index in [-0.39, 0.29) is 0 Å². The van der Waals surface area contributed by atoms with Crippen molar-refractivity contribution in [2.45, 2.75) is 25.5 Å². The van der Waals surface area contributed by atoms with Gasteiger partial charge >= 0.3 is 0 Å². The van der Waals surface area contributed by atoms with Crippen LogP contribution in [0, 0.1) is 13.8 Å². The zero-order valence-electron chi connectivity index (χ0n) is 12.8. The van der Waals surface area contributed by atoms with Crippen LogP contribution in [0.15, 0.2) is 53.7 Å². The van der Waals surface area contributed by atoms with Gasteiger partial charge in [0.2, 0.25) is 0 Å². The van der Waals surface area contributed by atoms with Crippen molar-refractivity contribution in [3.63, 3.8) is 0 Å². The summed E-state index contributed by atoms with van der Waals surface area (Å²) in [6.07, 6.45) is 0. The van der Waals surface area contributed by atoms with E-state index in [1.807, 2.05) is 11.8 Å². The lowest BCUT2D eigenvalue weighted by Crippen LogP contribution is -1.97. The molecule has 0 bridgehead atoms. The van der Waals surface area contributed by atoms with Crippen molar-refractivity contribution in [3.05, 3.63) is 59.7 Å². The molecule has 2 aromatic carbocycles. The maximum absolute atomic E-state index is 4.92. The van der Waals surface area contributed by atoms with E-state index in [9.17, 15) is 0 Å². The van der Waals surface area contributed by atoms with Gasteiger partial charge < -0.3 is 4.57 Å². The highest BCUT2D eigenvalue weighted by molar-refractivity contribution is 7.99. The molecule has 110 valence electrons. The van der Waals surface area contributed by atoms with Crippen molar-refractivity contribution >= 4 is 11.8 Å². The summed E-state index contributed by atoms with van der Waals surface area (Å²) in [5, 5.41) is 1.14. The fourth-order valence-corrected chi connectivity index (χ4v) is 3.85. The first kappa shape index (κ1) is 13.6. The van der Waals surface area contributed by atoms with E-state index in [1.165, 1.54) is 27.9 Å². The number of imidazole rings is 1. The molecule has 0 radical (unpaired) electrons. The SMILES string of the molecule is Cc1ccc(-c2nc3n(c2-c2ccc(C)cc2)CCS3)cc1. The van der Waals surface area contributed by atoms with Gasteiger partial charge in [0.05, 0.1) is 11.4 Å². The van der Waals surface area contributed by atoms with E-state index >= 15 is 0 Å². The van der Waals surface area contributed by atoms with Gasteiger partial charge in [-0.05, 0) is 13.8 Å². The van der Waals surface area contributed by atoms with Crippen LogP contribution in [-0.2, 0) is 6.54 Å². The molecular formula is C19H18N2S. The summed E-state index contributed by atoms with van der Waals surface area (Å²) in [4.78, 5) is 4.92. The molecule has 3 heteroatoms. The first-order chi connectivity index (χ1) is 10.7. The van der Waals surface area contributed by atoms with Crippen LogP contribution in [0.3, 0.4) is 0 Å². The molecule has 0 saturated carbocycles. The Balaban J connectivity index is 1.92. The lowest BCUT2D eigenvalue weighted by molar-refractivity contribution is 0.726. The van der Waals surface area contributed by atoms with Gasteiger partial charge in [0.15, 0.2) is 5.16 Å². The van der Waals surface area contributed by atoms with Crippen LogP contribution in [0.25, 0.3) is 22.5 Å². The normalized spacial score (nSPS) is 13.4. The minimum Gasteiger partial charge on any atom is -0.318 e. The third-order valence-electron chi connectivity index (χ3n) is 4.13. The van der Waals surface area contributed by atoms with E-state index in [2.05, 4.69) is 66.9 Å². The Labute approximate surface area is 135 Å². The molecule has 3 aromatic rings. The number of rotatable bonds is 2. The molecule has 0 aliphatic carbocycles. The number of nitrogens with zero attached hydrogens (tertiary/aromatic N) is 2. The number of aromatic nitrogens is 2. The van der Waals surface area contributed by atoms with Crippen LogP contribution < -0.4 is 0 Å². The monoisotopic (exact) mass is 306 g/mol. The van der Waals surface area contributed by atoms with Crippen molar-refractivity contribution < 1.29 is 0 Å². The van der Waals surface area contributed by atoms with Gasteiger partial charge in [-0.2, -0.15) is 0 Å². The topological polar surface area (TPSA) is 17.8 Å². The molecular weight excluding hydrogens is 288 g/mol. The Hall–Kier alpha value is -2.00. The third-order valence-corrected chi connectivity index (χ3v) is 5.09. The Morgan fingerprint density at radius 3 is 2.09 bits per heavy atom. The molecule has 0 spiro atoms. The second kappa shape index (κ2) is 5.33. The molecule has 0 saturated heterocycles. The fourth-order valence-electron chi connectivity index (χ4n) is 2.89. The molecule has 2 heterocycles. The molecule has 1 aliphatic heterocycles. The van der Waals surface area contributed by atoms with E-state index in [0.717, 1.165) is 23.1 Å². The first-order valence-corrected chi connectivity index (χ1v) is 8.58. The predicted octanol–water partition coefficient (Wildman–Crippen LogP) is 4.94. The largest absolute Gasteiger partial charge is 0.318 e. The van der Waals surface area contributed by atoms with Gasteiger partial charge in [-0.15, -0.1) is 0 Å². The maximum Gasteiger partial charge on any atom is 0.169 e. The fraction of sp³-hybridized carbons (Fsp3) is 0.211. The van der Waals surface area contributed by atoms with Gasteiger partial charge in [0.1, 0.15) is 0 Å². The van der Waals surface area contributed by atoms with Crippen LogP contribution in [0.5, 0.6) is 0 Å². The van der Waals surface area contributed by atoms with E-state index in [0.29, 0.717) is 0 Å². The average Bonchev–Trinajstić information content (AvgIpc) is 3.10. The summed E-state index contributed by atoms with van der Waals surface area (Å²) in [5.74, 6) is 1.12. The zero-order chi connectivity index (χ0) is 15.1. The van der Waals surface area contributed by atoms with Gasteiger partial charge in [0.25, 0.3) is 0 Å². The smallest absolute Gasteiger partial charge is 0.169 e. The second-order valence-corrected chi connectivity index (χ2v) is 6.89. The van der Waals surface area contributed by atoms with E-state index in [4.69, 9.17) is 4.98 Å². The molecule has 4 rings (SSSR count). The minimum atomic E-state index is 1.04. The van der Waals surface area contributed by atoms with Crippen LogP contribution in [0.1, 0.15) is 11.1 Å². The minimum absolute atomic E-state index is 1.04. The highest BCUT2D eigenvalue weighted by Crippen LogP contribution is 2.38. The Morgan fingerprint density at radius 1 is 0.864 bits per heavy atom. The molecule has 2 nitrogen and oxygen atoms in total. The number of fused-ring (bicyclic) bond motifs is 1. The molecule has 1 aliphatic rings. The second-order valence-electron chi connectivity index (χ2n) is 5.82. The predicted molar refractivity (Wildman–Crippen MR) is 93.3 cm³/mol. The summed E-state index contributed by atoms with van der Waals surface area (Å²) in [5.41, 5.74) is 7.37. The molecule has 0 atom stereocenters. The summed E-state index contributed by atoms with van der Waals surface area (Å²) >= 11 is 1.85. The molecule has 0 unspecified atom stereocenters. The highest BCUT2D eigenvalue weighted by atomic mass is 32.2. The Kier molecular flexibility index (Phi) is 3.30. The summed E-state index contributed by atoms with van der Waals surface area (Å²) in [7, 11) is 0. The Morgan fingerprint density at radius 2 is 1.45 bits per heavy atom. The van der Waals surface area contributed by atoms with Crippen molar-refractivity contribution in [1.82, 2.24) is 9.55 Å². The van der Waals surface area contributed by atoms with Crippen molar-refractivity contribution in [1.29, 1.82) is 0 Å². The lowest BCUT2D eigenvalue weighted by atomic mass is 10.0. The van der Waals surface area contributed by atoms with Gasteiger partial charge in [-0.25, -0.2) is 4.98 Å². The van der Waals surface area contributed by atoms with E-state index < -0.39 is 0 Å². The quantitative estimate of drug-likeness (QED) is 0.667. The van der Waals surface area contributed by atoms with Crippen molar-refractivity contribution in [2.24, 2.45) is 0 Å². The average molecular weight is 306 g/mol.